The first-order valence-corrected chi connectivity index (χ1v) is 6.59. The van der Waals surface area contributed by atoms with Gasteiger partial charge in [-0.3, -0.25) is 4.90 Å². The number of nitrogens with zero attached hydrogens (tertiary/aromatic N) is 1. The molecule has 1 unspecified atom stereocenters. The van der Waals surface area contributed by atoms with Gasteiger partial charge in [-0.2, -0.15) is 0 Å². The molecule has 1 atom stereocenters. The zero-order valence-corrected chi connectivity index (χ0v) is 10.2. The molecule has 0 fully saturated rings. The van der Waals surface area contributed by atoms with Crippen LogP contribution in [0.4, 0.5) is 0 Å². The number of fused-ring (bicyclic) bond motifs is 1. The molecule has 0 aromatic heterocycles. The van der Waals surface area contributed by atoms with Crippen molar-refractivity contribution in [1.82, 2.24) is 10.2 Å². The van der Waals surface area contributed by atoms with E-state index in [0.29, 0.717) is 5.92 Å². The van der Waals surface area contributed by atoms with Crippen molar-refractivity contribution in [3.63, 3.8) is 0 Å². The fraction of sp³-hybridized carbons (Fsp3) is 0.467. The maximum Gasteiger partial charge on any atom is 0.0208 e. The van der Waals surface area contributed by atoms with E-state index in [4.69, 9.17) is 0 Å². The predicted molar refractivity (Wildman–Crippen MR) is 71.1 cm³/mol. The average molecular weight is 228 g/mol. The average Bonchev–Trinajstić information content (AvgIpc) is 2.40. The Morgan fingerprint density at radius 1 is 1.24 bits per heavy atom. The Balaban J connectivity index is 1.74. The van der Waals surface area contributed by atoms with E-state index in [1.165, 1.54) is 25.1 Å². The Morgan fingerprint density at radius 2 is 2.18 bits per heavy atom. The lowest BCUT2D eigenvalue weighted by molar-refractivity contribution is 0.271. The second-order valence-corrected chi connectivity index (χ2v) is 5.05. The van der Waals surface area contributed by atoms with E-state index in [1.54, 1.807) is 5.56 Å². The maximum absolute atomic E-state index is 3.54. The minimum absolute atomic E-state index is 0.659. The number of hydrogen-bond acceptors (Lipinski definition) is 2. The van der Waals surface area contributed by atoms with Crippen LogP contribution >= 0.6 is 0 Å². The Kier molecular flexibility index (Phi) is 3.25. The molecule has 1 aromatic rings. The van der Waals surface area contributed by atoms with E-state index < -0.39 is 0 Å². The normalized spacial score (nSPS) is 24.6. The molecular formula is C15H20N2. The summed E-state index contributed by atoms with van der Waals surface area (Å²) in [6.45, 7) is 5.69. The molecule has 0 radical (unpaired) electrons. The van der Waals surface area contributed by atoms with Crippen LogP contribution < -0.4 is 5.32 Å². The zero-order chi connectivity index (χ0) is 11.5. The quantitative estimate of drug-likeness (QED) is 0.780. The molecule has 2 heteroatoms. The summed E-state index contributed by atoms with van der Waals surface area (Å²) in [5.41, 5.74) is 3.04. The molecule has 3 rings (SSSR count). The fourth-order valence-corrected chi connectivity index (χ4v) is 2.91. The number of hydrogen-bond donors (Lipinski definition) is 1. The SMILES string of the molecule is C1=CCN(CC2CNCc3ccccc32)CC1. The lowest BCUT2D eigenvalue weighted by Gasteiger charge is -2.32. The highest BCUT2D eigenvalue weighted by molar-refractivity contribution is 5.33. The molecule has 0 amide bonds. The van der Waals surface area contributed by atoms with E-state index in [2.05, 4.69) is 46.6 Å². The van der Waals surface area contributed by atoms with E-state index >= 15 is 0 Å². The second-order valence-electron chi connectivity index (χ2n) is 5.05. The third kappa shape index (κ3) is 2.43. The molecule has 1 aromatic carbocycles. The topological polar surface area (TPSA) is 15.3 Å². The molecule has 0 aliphatic carbocycles. The van der Waals surface area contributed by atoms with Crippen LogP contribution in [0.25, 0.3) is 0 Å². The number of benzene rings is 1. The highest BCUT2D eigenvalue weighted by Crippen LogP contribution is 2.25. The number of nitrogens with one attached hydrogen (secondary N) is 1. The summed E-state index contributed by atoms with van der Waals surface area (Å²) < 4.78 is 0. The van der Waals surface area contributed by atoms with Gasteiger partial charge >= 0.3 is 0 Å². The van der Waals surface area contributed by atoms with Gasteiger partial charge in [0, 0.05) is 38.6 Å². The van der Waals surface area contributed by atoms with Crippen molar-refractivity contribution < 1.29 is 0 Å². The van der Waals surface area contributed by atoms with Crippen molar-refractivity contribution in [2.45, 2.75) is 18.9 Å². The summed E-state index contributed by atoms with van der Waals surface area (Å²) in [5.74, 6) is 0.659. The third-order valence-electron chi connectivity index (χ3n) is 3.82. The van der Waals surface area contributed by atoms with Crippen LogP contribution in [0, 0.1) is 0 Å². The third-order valence-corrected chi connectivity index (χ3v) is 3.82. The van der Waals surface area contributed by atoms with Gasteiger partial charge < -0.3 is 5.32 Å². The Hall–Kier alpha value is -1.12. The predicted octanol–water partition coefficient (Wildman–Crippen LogP) is 2.14. The largest absolute Gasteiger partial charge is 0.312 e. The van der Waals surface area contributed by atoms with Crippen molar-refractivity contribution in [3.8, 4) is 0 Å². The van der Waals surface area contributed by atoms with Gasteiger partial charge in [0.05, 0.1) is 0 Å². The smallest absolute Gasteiger partial charge is 0.0208 e. The lowest BCUT2D eigenvalue weighted by Crippen LogP contribution is -2.38. The summed E-state index contributed by atoms with van der Waals surface area (Å²) in [4.78, 5) is 2.56. The Morgan fingerprint density at radius 3 is 3.06 bits per heavy atom. The molecule has 0 saturated carbocycles. The second kappa shape index (κ2) is 5.03. The van der Waals surface area contributed by atoms with Crippen LogP contribution in [0.15, 0.2) is 36.4 Å². The molecule has 0 spiro atoms. The zero-order valence-electron chi connectivity index (χ0n) is 10.2. The Bertz CT molecular complexity index is 411. The Labute approximate surface area is 103 Å². The van der Waals surface area contributed by atoms with Crippen molar-refractivity contribution in [2.24, 2.45) is 0 Å². The summed E-state index contributed by atoms with van der Waals surface area (Å²) >= 11 is 0. The highest BCUT2D eigenvalue weighted by atomic mass is 15.1. The molecule has 2 aliphatic heterocycles. The van der Waals surface area contributed by atoms with Gasteiger partial charge in [-0.1, -0.05) is 36.4 Å². The van der Waals surface area contributed by atoms with E-state index in [0.717, 1.165) is 19.6 Å². The summed E-state index contributed by atoms with van der Waals surface area (Å²) in [7, 11) is 0. The summed E-state index contributed by atoms with van der Waals surface area (Å²) in [6, 6.07) is 8.88. The van der Waals surface area contributed by atoms with Gasteiger partial charge in [-0.25, -0.2) is 0 Å². The van der Waals surface area contributed by atoms with Crippen LogP contribution in [-0.4, -0.2) is 31.1 Å². The molecule has 2 aliphatic rings. The van der Waals surface area contributed by atoms with Gasteiger partial charge in [-0.15, -0.1) is 0 Å². The number of rotatable bonds is 2. The standard InChI is InChI=1S/C15H20N2/c1-4-8-17(9-5-1)12-14-11-16-10-13-6-2-3-7-15(13)14/h1-4,6-7,14,16H,5,8-12H2. The van der Waals surface area contributed by atoms with Crippen LogP contribution in [0.3, 0.4) is 0 Å². The minimum Gasteiger partial charge on any atom is -0.312 e. The van der Waals surface area contributed by atoms with E-state index in [9.17, 15) is 0 Å². The molecule has 0 saturated heterocycles. The van der Waals surface area contributed by atoms with E-state index in [1.807, 2.05) is 0 Å². The van der Waals surface area contributed by atoms with Crippen LogP contribution in [0.1, 0.15) is 23.5 Å². The van der Waals surface area contributed by atoms with Gasteiger partial charge in [0.1, 0.15) is 0 Å². The van der Waals surface area contributed by atoms with Gasteiger partial charge in [0.2, 0.25) is 0 Å². The van der Waals surface area contributed by atoms with Crippen LogP contribution in [0.2, 0.25) is 0 Å². The molecule has 0 bridgehead atoms. The van der Waals surface area contributed by atoms with Crippen LogP contribution in [-0.2, 0) is 6.54 Å². The molecule has 90 valence electrons. The monoisotopic (exact) mass is 228 g/mol. The van der Waals surface area contributed by atoms with Crippen LogP contribution in [0.5, 0.6) is 0 Å². The van der Waals surface area contributed by atoms with Gasteiger partial charge in [-0.05, 0) is 17.5 Å². The lowest BCUT2D eigenvalue weighted by atomic mass is 9.90. The van der Waals surface area contributed by atoms with Crippen molar-refractivity contribution in [2.75, 3.05) is 26.2 Å². The molecule has 1 N–H and O–H groups in total. The summed E-state index contributed by atoms with van der Waals surface area (Å²) in [5, 5.41) is 3.54. The first-order chi connectivity index (χ1) is 8.43. The molecule has 2 heterocycles. The first kappa shape index (κ1) is 11.0. The van der Waals surface area contributed by atoms with Crippen molar-refractivity contribution in [3.05, 3.63) is 47.5 Å². The molecule has 17 heavy (non-hydrogen) atoms. The van der Waals surface area contributed by atoms with Crippen molar-refractivity contribution in [1.29, 1.82) is 0 Å². The maximum atomic E-state index is 3.54. The highest BCUT2D eigenvalue weighted by Gasteiger charge is 2.21. The molecule has 2 nitrogen and oxygen atoms in total. The van der Waals surface area contributed by atoms with Gasteiger partial charge in [0.25, 0.3) is 0 Å². The van der Waals surface area contributed by atoms with Crippen molar-refractivity contribution >= 4 is 0 Å². The minimum atomic E-state index is 0.659. The summed E-state index contributed by atoms with van der Waals surface area (Å²) in [6.07, 6.45) is 5.80. The fourth-order valence-electron chi connectivity index (χ4n) is 2.91. The van der Waals surface area contributed by atoms with Gasteiger partial charge in [0.15, 0.2) is 0 Å². The first-order valence-electron chi connectivity index (χ1n) is 6.59. The molecular weight excluding hydrogens is 208 g/mol. The van der Waals surface area contributed by atoms with E-state index in [-0.39, 0.29) is 0 Å².